The lowest BCUT2D eigenvalue weighted by Gasteiger charge is -2.12. The molecule has 0 aromatic carbocycles. The minimum absolute atomic E-state index is 0.647. The fourth-order valence-corrected chi connectivity index (χ4v) is 4.37. The Morgan fingerprint density at radius 2 is 1.25 bits per heavy atom. The van der Waals surface area contributed by atoms with Crippen molar-refractivity contribution in [3.63, 3.8) is 0 Å². The monoisotopic (exact) mass is 391 g/mol. The first-order chi connectivity index (χ1) is 13.7. The van der Waals surface area contributed by atoms with Crippen LogP contribution in [0.3, 0.4) is 0 Å². The highest BCUT2D eigenvalue weighted by atomic mass is 15.2. The van der Waals surface area contributed by atoms with E-state index in [9.17, 15) is 0 Å². The largest absolute Gasteiger partial charge is 0.256 e. The Labute approximate surface area is 177 Å². The number of aryl methyl sites for hydroxylation is 1. The van der Waals surface area contributed by atoms with Crippen LogP contribution in [0.15, 0.2) is 12.4 Å². The van der Waals surface area contributed by atoms with Gasteiger partial charge in [0.2, 0.25) is 0 Å². The molecule has 0 saturated heterocycles. The first-order valence-corrected chi connectivity index (χ1v) is 12.8. The molecule has 1 rings (SSSR count). The Bertz CT molecular complexity index is 463. The Kier molecular flexibility index (Phi) is 15.4. The number of hydrogen-bond acceptors (Lipinski definition) is 0. The van der Waals surface area contributed by atoms with Gasteiger partial charge in [-0.1, -0.05) is 97.8 Å². The van der Waals surface area contributed by atoms with E-state index in [1.807, 2.05) is 0 Å². The van der Waals surface area contributed by atoms with E-state index >= 15 is 0 Å². The van der Waals surface area contributed by atoms with Gasteiger partial charge >= 0.3 is 0 Å². The zero-order chi connectivity index (χ0) is 20.5. The van der Waals surface area contributed by atoms with E-state index in [1.54, 1.807) is 5.82 Å². The fraction of sp³-hybridized carbons (Fsp3) is 0.885. The van der Waals surface area contributed by atoms with E-state index in [-0.39, 0.29) is 0 Å². The van der Waals surface area contributed by atoms with Crippen LogP contribution < -0.4 is 4.57 Å². The summed E-state index contributed by atoms with van der Waals surface area (Å²) in [4.78, 5) is 0. The Morgan fingerprint density at radius 3 is 1.82 bits per heavy atom. The van der Waals surface area contributed by atoms with E-state index in [4.69, 9.17) is 0 Å². The van der Waals surface area contributed by atoms with Crippen molar-refractivity contribution >= 4 is 0 Å². The van der Waals surface area contributed by atoms with Crippen LogP contribution in [0, 0.1) is 0 Å². The molecule has 1 heterocycles. The van der Waals surface area contributed by atoms with Gasteiger partial charge in [0, 0.05) is 6.42 Å². The summed E-state index contributed by atoms with van der Waals surface area (Å²) in [5.41, 5.74) is 0. The maximum absolute atomic E-state index is 2.58. The van der Waals surface area contributed by atoms with Gasteiger partial charge in [-0.3, -0.25) is 0 Å². The van der Waals surface area contributed by atoms with Crippen LogP contribution in [0.2, 0.25) is 0 Å². The van der Waals surface area contributed by atoms with Crippen molar-refractivity contribution in [1.29, 1.82) is 0 Å². The quantitative estimate of drug-likeness (QED) is 0.166. The van der Waals surface area contributed by atoms with Crippen LogP contribution in [0.5, 0.6) is 0 Å². The van der Waals surface area contributed by atoms with Crippen molar-refractivity contribution in [1.82, 2.24) is 4.57 Å². The molecule has 2 nitrogen and oxygen atoms in total. The third-order valence-corrected chi connectivity index (χ3v) is 6.21. The molecule has 164 valence electrons. The zero-order valence-electron chi connectivity index (χ0n) is 19.9. The van der Waals surface area contributed by atoms with Crippen molar-refractivity contribution in [2.45, 2.75) is 149 Å². The summed E-state index contributed by atoms with van der Waals surface area (Å²) in [6.07, 6.45) is 28.2. The second kappa shape index (κ2) is 17.1. The molecule has 1 unspecified atom stereocenters. The van der Waals surface area contributed by atoms with Gasteiger partial charge in [0.15, 0.2) is 0 Å². The number of aromatic nitrogens is 2. The Hall–Kier alpha value is -0.790. The lowest BCUT2D eigenvalue weighted by molar-refractivity contribution is -0.704. The predicted octanol–water partition coefficient (Wildman–Crippen LogP) is 8.18. The van der Waals surface area contributed by atoms with Gasteiger partial charge in [-0.15, -0.1) is 0 Å². The second-order valence-electron chi connectivity index (χ2n) is 8.95. The van der Waals surface area contributed by atoms with Crippen LogP contribution in [-0.4, -0.2) is 4.57 Å². The van der Waals surface area contributed by atoms with E-state index in [1.165, 1.54) is 116 Å². The van der Waals surface area contributed by atoms with E-state index in [2.05, 4.69) is 49.2 Å². The minimum atomic E-state index is 0.647. The molecule has 0 aliphatic rings. The molecule has 0 saturated carbocycles. The van der Waals surface area contributed by atoms with Crippen LogP contribution in [0.4, 0.5) is 0 Å². The van der Waals surface area contributed by atoms with E-state index in [0.29, 0.717) is 6.04 Å². The molecule has 1 atom stereocenters. The molecule has 0 spiro atoms. The number of rotatable bonds is 19. The van der Waals surface area contributed by atoms with Gasteiger partial charge in [-0.25, -0.2) is 9.13 Å². The normalized spacial score (nSPS) is 12.6. The van der Waals surface area contributed by atoms with Gasteiger partial charge in [-0.05, 0) is 32.6 Å². The average molecular weight is 392 g/mol. The van der Waals surface area contributed by atoms with Crippen LogP contribution in [0.25, 0.3) is 0 Å². The molecule has 0 bridgehead atoms. The van der Waals surface area contributed by atoms with Crippen molar-refractivity contribution in [3.8, 4) is 0 Å². The van der Waals surface area contributed by atoms with Crippen LogP contribution in [-0.2, 0) is 13.0 Å². The summed E-state index contributed by atoms with van der Waals surface area (Å²) in [7, 11) is 0. The van der Waals surface area contributed by atoms with Crippen LogP contribution in [0.1, 0.15) is 142 Å². The standard InChI is InChI=1S/C26H51N2/c1-5-8-10-11-12-13-14-15-16-17-19-20-25(4)28-24-23-27(22-7-3)26(28)21-18-9-6-2/h23-25H,5-22H2,1-4H3/q+1. The second-order valence-corrected chi connectivity index (χ2v) is 8.95. The molecule has 0 N–H and O–H groups in total. The molecule has 0 aliphatic carbocycles. The minimum Gasteiger partial charge on any atom is -0.234 e. The molecule has 0 amide bonds. The highest BCUT2D eigenvalue weighted by molar-refractivity contribution is 4.88. The van der Waals surface area contributed by atoms with Gasteiger partial charge < -0.3 is 0 Å². The van der Waals surface area contributed by atoms with Gasteiger partial charge in [0.1, 0.15) is 12.4 Å². The molecule has 2 heteroatoms. The smallest absolute Gasteiger partial charge is 0.234 e. The zero-order valence-corrected chi connectivity index (χ0v) is 19.9. The number of imidazole rings is 1. The maximum atomic E-state index is 2.58. The number of hydrogen-bond donors (Lipinski definition) is 0. The first-order valence-electron chi connectivity index (χ1n) is 12.8. The third kappa shape index (κ3) is 10.7. The number of unbranched alkanes of at least 4 members (excludes halogenated alkanes) is 12. The van der Waals surface area contributed by atoms with Gasteiger partial charge in [0.05, 0.1) is 12.6 Å². The lowest BCUT2D eigenvalue weighted by Crippen LogP contribution is -2.37. The average Bonchev–Trinajstić information content (AvgIpc) is 3.09. The Morgan fingerprint density at radius 1 is 0.714 bits per heavy atom. The van der Waals surface area contributed by atoms with Crippen molar-refractivity contribution in [3.05, 3.63) is 18.2 Å². The van der Waals surface area contributed by atoms with Crippen molar-refractivity contribution in [2.75, 3.05) is 0 Å². The Balaban J connectivity index is 2.23. The predicted molar refractivity (Wildman–Crippen MR) is 124 cm³/mol. The topological polar surface area (TPSA) is 8.81 Å². The third-order valence-electron chi connectivity index (χ3n) is 6.21. The molecule has 1 aromatic heterocycles. The molecule has 1 aromatic rings. The first kappa shape index (κ1) is 25.2. The SMILES string of the molecule is CCCCCCCCCCCCCC(C)n1cc[n+](CCC)c1CCCCC. The summed E-state index contributed by atoms with van der Waals surface area (Å²) in [6.45, 7) is 10.5. The summed E-state index contributed by atoms with van der Waals surface area (Å²) in [6, 6.07) is 0.647. The van der Waals surface area contributed by atoms with Crippen molar-refractivity contribution < 1.29 is 4.57 Å². The molecular formula is C26H51N2+. The highest BCUT2D eigenvalue weighted by Gasteiger charge is 2.20. The van der Waals surface area contributed by atoms with Crippen molar-refractivity contribution in [2.24, 2.45) is 0 Å². The summed E-state index contributed by atoms with van der Waals surface area (Å²) in [5.74, 6) is 1.56. The van der Waals surface area contributed by atoms with E-state index in [0.717, 1.165) is 0 Å². The molecular weight excluding hydrogens is 340 g/mol. The van der Waals surface area contributed by atoms with Gasteiger partial charge in [0.25, 0.3) is 5.82 Å². The van der Waals surface area contributed by atoms with Gasteiger partial charge in [-0.2, -0.15) is 0 Å². The summed E-state index contributed by atoms with van der Waals surface area (Å²) >= 11 is 0. The highest BCUT2D eigenvalue weighted by Crippen LogP contribution is 2.19. The fourth-order valence-electron chi connectivity index (χ4n) is 4.37. The van der Waals surface area contributed by atoms with Crippen LogP contribution >= 0.6 is 0 Å². The molecule has 0 fully saturated rings. The lowest BCUT2D eigenvalue weighted by atomic mass is 10.0. The maximum Gasteiger partial charge on any atom is 0.256 e. The molecule has 0 aliphatic heterocycles. The van der Waals surface area contributed by atoms with E-state index < -0.39 is 0 Å². The molecule has 0 radical (unpaired) electrons. The summed E-state index contributed by atoms with van der Waals surface area (Å²) in [5, 5.41) is 0. The summed E-state index contributed by atoms with van der Waals surface area (Å²) < 4.78 is 5.09. The molecule has 28 heavy (non-hydrogen) atoms. The number of nitrogens with zero attached hydrogens (tertiary/aromatic N) is 2.